The second-order valence-corrected chi connectivity index (χ2v) is 25.1. The van der Waals surface area contributed by atoms with Gasteiger partial charge in [-0.3, -0.25) is 19.2 Å². The number of aliphatic hydroxyl groups excluding tert-OH is 1. The number of rotatable bonds is 18. The smallest absolute Gasteiger partial charge is 0.312 e. The van der Waals surface area contributed by atoms with Gasteiger partial charge in [-0.25, -0.2) is 4.79 Å². The Balaban J connectivity index is 0.762. The predicted molar refractivity (Wildman–Crippen MR) is 293 cm³/mol. The monoisotopic (exact) mass is 1130 g/mol. The summed E-state index contributed by atoms with van der Waals surface area (Å²) in [6.07, 6.45) is 3.10. The molecule has 1 aromatic rings. The van der Waals surface area contributed by atoms with Gasteiger partial charge >= 0.3 is 12.0 Å². The van der Waals surface area contributed by atoms with E-state index in [9.17, 15) is 29.1 Å². The van der Waals surface area contributed by atoms with Gasteiger partial charge in [-0.05, 0) is 98.3 Å². The standard InChI is InChI=1S/C61H88N4O16/c1-31(2)52(62)59(70)65-43(8-7-21-64-60(63)71)44(68)24-35-9-11-36(12-10-35)30-73-51(69)18-13-37(66)27-49-53(72-6)42-26-38(67)25-40-15-17-46-54(76-40)58-57-56(78-46)55-50(79-57)29-61(80-55,81-58)20-19-41-23-33(4)45(74-41)16-14-39-22-32(3)34(5)47(75-39)28-48(42)77-49/h9-12,31-32,37,39-43,45-50,52-58,66H,4-5,7-8,13-30,62H2,1-3,6H3,(H,65,70)(H3,63,64,71)/t32-,37-,39?,40-,41+,42?,43+,45+,46+,47-,48+,49-,50?,52+,53-,54+,55+,56+,57-,58+,61+/m1/s1. The van der Waals surface area contributed by atoms with E-state index < -0.39 is 72.4 Å². The summed E-state index contributed by atoms with van der Waals surface area (Å²) in [4.78, 5) is 65.0. The molecule has 0 aliphatic carbocycles. The largest absolute Gasteiger partial charge is 0.461 e. The van der Waals surface area contributed by atoms with Crippen molar-refractivity contribution in [3.63, 3.8) is 0 Å². The normalized spacial score (nSPS) is 38.4. The maximum absolute atomic E-state index is 14.5. The third kappa shape index (κ3) is 14.0. The Hall–Kier alpha value is -4.19. The van der Waals surface area contributed by atoms with Crippen LogP contribution in [0.25, 0.3) is 0 Å². The highest BCUT2D eigenvalue weighted by Crippen LogP contribution is 2.54. The van der Waals surface area contributed by atoms with Crippen molar-refractivity contribution in [2.75, 3.05) is 13.7 Å². The number of hydrogen-bond acceptors (Lipinski definition) is 17. The number of aliphatic hydroxyl groups is 1. The third-order valence-corrected chi connectivity index (χ3v) is 18.9. The zero-order valence-electron chi connectivity index (χ0n) is 47.7. The number of carbonyl (C=O) groups is 5. The fourth-order valence-corrected chi connectivity index (χ4v) is 14.3. The van der Waals surface area contributed by atoms with Gasteiger partial charge in [0.05, 0.1) is 79.2 Å². The number of nitrogens with two attached hydrogens (primary N) is 2. The first-order valence-electron chi connectivity index (χ1n) is 30.0. The van der Waals surface area contributed by atoms with Crippen molar-refractivity contribution in [2.45, 2.75) is 258 Å². The molecule has 21 atom stereocenters. The number of Topliss-reactive ketones (excluding diaryl/α,β-unsaturated/α-hetero) is 2. The molecule has 10 saturated heterocycles. The summed E-state index contributed by atoms with van der Waals surface area (Å²) in [6.45, 7) is 15.0. The molecule has 20 nitrogen and oxygen atoms in total. The van der Waals surface area contributed by atoms with Crippen LogP contribution in [0.3, 0.4) is 0 Å². The number of urea groups is 1. The quantitative estimate of drug-likeness (QED) is 0.0732. The number of primary amides is 1. The van der Waals surface area contributed by atoms with Crippen molar-refractivity contribution >= 4 is 29.5 Å². The van der Waals surface area contributed by atoms with E-state index in [0.29, 0.717) is 43.2 Å². The fourth-order valence-electron chi connectivity index (χ4n) is 14.3. The van der Waals surface area contributed by atoms with Crippen LogP contribution in [0, 0.1) is 17.8 Å². The van der Waals surface area contributed by atoms with Crippen LogP contribution >= 0.6 is 0 Å². The van der Waals surface area contributed by atoms with Crippen LogP contribution in [0.2, 0.25) is 0 Å². The molecule has 1 aromatic carbocycles. The molecule has 0 aromatic heterocycles. The van der Waals surface area contributed by atoms with E-state index in [1.165, 1.54) is 0 Å². The van der Waals surface area contributed by atoms with Gasteiger partial charge in [-0.2, -0.15) is 0 Å². The lowest BCUT2D eigenvalue weighted by molar-refractivity contribution is -0.292. The molecule has 12 bridgehead atoms. The molecule has 3 unspecified atom stereocenters. The molecular weight excluding hydrogens is 1040 g/mol. The molecule has 1 spiro atoms. The van der Waals surface area contributed by atoms with Crippen molar-refractivity contribution < 1.29 is 76.4 Å². The lowest BCUT2D eigenvalue weighted by atomic mass is 9.81. The Labute approximate surface area is 476 Å². The first-order valence-corrected chi connectivity index (χ1v) is 30.0. The molecule has 20 heteroatoms. The topological polar surface area (TPSA) is 274 Å². The van der Waals surface area contributed by atoms with Crippen LogP contribution in [0.5, 0.6) is 0 Å². The minimum absolute atomic E-state index is 0.00555. The number of amides is 3. The Kier molecular flexibility index (Phi) is 19.2. The maximum atomic E-state index is 14.5. The Morgan fingerprint density at radius 3 is 2.28 bits per heavy atom. The second kappa shape index (κ2) is 26.0. The van der Waals surface area contributed by atoms with E-state index in [0.717, 1.165) is 49.7 Å². The van der Waals surface area contributed by atoms with Crippen molar-refractivity contribution in [3.8, 4) is 0 Å². The fraction of sp³-hybridized carbons (Fsp3) is 0.754. The number of nitrogens with one attached hydrogen (secondary N) is 2. The lowest BCUT2D eigenvalue weighted by Gasteiger charge is -2.47. The summed E-state index contributed by atoms with van der Waals surface area (Å²) in [7, 11) is 1.61. The van der Waals surface area contributed by atoms with Crippen LogP contribution in [-0.2, 0) is 79.6 Å². The van der Waals surface area contributed by atoms with Crippen molar-refractivity contribution in [1.29, 1.82) is 0 Å². The predicted octanol–water partition coefficient (Wildman–Crippen LogP) is 5.03. The molecule has 10 heterocycles. The number of esters is 1. The Bertz CT molecular complexity index is 2440. The van der Waals surface area contributed by atoms with Gasteiger partial charge < -0.3 is 74.6 Å². The van der Waals surface area contributed by atoms with E-state index in [-0.39, 0.29) is 148 Å². The van der Waals surface area contributed by atoms with Crippen LogP contribution in [0.15, 0.2) is 48.6 Å². The zero-order chi connectivity index (χ0) is 57.3. The lowest BCUT2D eigenvalue weighted by Crippen LogP contribution is -2.61. The van der Waals surface area contributed by atoms with E-state index in [2.05, 4.69) is 30.7 Å². The average molecular weight is 1130 g/mol. The van der Waals surface area contributed by atoms with Gasteiger partial charge in [-0.1, -0.05) is 58.2 Å². The molecule has 7 N–H and O–H groups in total. The Morgan fingerprint density at radius 2 is 1.52 bits per heavy atom. The Morgan fingerprint density at radius 1 is 0.802 bits per heavy atom. The van der Waals surface area contributed by atoms with Crippen LogP contribution in [0.4, 0.5) is 4.79 Å². The number of methoxy groups -OCH3 is 1. The molecule has 10 aliphatic heterocycles. The highest BCUT2D eigenvalue weighted by Gasteiger charge is 2.69. The second-order valence-electron chi connectivity index (χ2n) is 25.1. The molecule has 10 fully saturated rings. The third-order valence-electron chi connectivity index (χ3n) is 18.9. The van der Waals surface area contributed by atoms with Crippen LogP contribution < -0.4 is 22.1 Å². The summed E-state index contributed by atoms with van der Waals surface area (Å²) < 4.78 is 66.4. The number of hydrogen-bond donors (Lipinski definition) is 5. The molecule has 81 heavy (non-hydrogen) atoms. The van der Waals surface area contributed by atoms with Gasteiger partial charge in [-0.15, -0.1) is 0 Å². The SMILES string of the molecule is C=C1C[C@@H]2CC[C@@]34CC5O[C@H]6[C@@H](O3)[C@H]3O[C@H](CC[C@@H]3O[C@H]6[C@H]5O4)CC(=O)CC3[C@H](C[C@H]4OC(CC[C@@H]1O2)C[C@@H](C)C4=C)O[C@H](C[C@H](O)CCC(=O)OCc1ccc(CC(=O)[C@H](CCCNC(N)=O)NC(=O)[C@@H](N)C(C)C)cc1)[C@@H]3OC. The van der Waals surface area contributed by atoms with Gasteiger partial charge in [0.2, 0.25) is 5.91 Å². The van der Waals surface area contributed by atoms with Gasteiger partial charge in [0.1, 0.15) is 42.9 Å². The molecule has 3 amide bonds. The highest BCUT2D eigenvalue weighted by molar-refractivity contribution is 5.92. The summed E-state index contributed by atoms with van der Waals surface area (Å²) in [6, 6.07) is 4.79. The van der Waals surface area contributed by atoms with Crippen LogP contribution in [-0.4, -0.2) is 164 Å². The van der Waals surface area contributed by atoms with Crippen molar-refractivity contribution in [2.24, 2.45) is 29.2 Å². The van der Waals surface area contributed by atoms with Crippen LogP contribution in [0.1, 0.15) is 141 Å². The number of ether oxygens (including phenoxy) is 10. The van der Waals surface area contributed by atoms with E-state index in [1.807, 2.05) is 13.8 Å². The first-order chi connectivity index (χ1) is 38.8. The molecule has 11 rings (SSSR count). The van der Waals surface area contributed by atoms with Gasteiger partial charge in [0, 0.05) is 70.9 Å². The molecule has 0 radical (unpaired) electrons. The van der Waals surface area contributed by atoms with Crippen molar-refractivity contribution in [3.05, 3.63) is 59.7 Å². The van der Waals surface area contributed by atoms with E-state index >= 15 is 0 Å². The highest BCUT2D eigenvalue weighted by atomic mass is 16.8. The summed E-state index contributed by atoms with van der Waals surface area (Å²) >= 11 is 0. The summed E-state index contributed by atoms with van der Waals surface area (Å²) in [5.41, 5.74) is 14.7. The van der Waals surface area contributed by atoms with E-state index in [4.69, 9.17) is 58.8 Å². The summed E-state index contributed by atoms with van der Waals surface area (Å²) in [5, 5.41) is 16.8. The number of fused-ring (bicyclic) bond motifs is 6. The number of ketones is 2. The number of benzene rings is 1. The van der Waals surface area contributed by atoms with Crippen molar-refractivity contribution in [1.82, 2.24) is 10.6 Å². The molecule has 0 saturated carbocycles. The minimum atomic E-state index is -0.948. The van der Waals surface area contributed by atoms with E-state index in [1.54, 1.807) is 31.4 Å². The van der Waals surface area contributed by atoms with Gasteiger partial charge in [0.25, 0.3) is 0 Å². The minimum Gasteiger partial charge on any atom is -0.461 e. The molecule has 10 aliphatic rings. The molecular formula is C61H88N4O16. The molecule has 448 valence electrons. The maximum Gasteiger partial charge on any atom is 0.312 e. The number of carbonyl (C=O) groups excluding carboxylic acids is 5. The van der Waals surface area contributed by atoms with Gasteiger partial charge in [0.15, 0.2) is 11.6 Å². The zero-order valence-corrected chi connectivity index (χ0v) is 47.7. The first kappa shape index (κ1) is 60.0. The summed E-state index contributed by atoms with van der Waals surface area (Å²) in [5.74, 6) is -2.26. The average Bonchev–Trinajstić information content (AvgIpc) is 2.27.